The van der Waals surface area contributed by atoms with Crippen LogP contribution < -0.4 is 5.32 Å². The van der Waals surface area contributed by atoms with Gasteiger partial charge in [0, 0.05) is 31.2 Å². The van der Waals surface area contributed by atoms with Crippen molar-refractivity contribution in [1.82, 2.24) is 9.29 Å². The Balaban J connectivity index is 1.90. The molecule has 1 fully saturated rings. The summed E-state index contributed by atoms with van der Waals surface area (Å²) in [5.41, 5.74) is 1.35. The van der Waals surface area contributed by atoms with Crippen molar-refractivity contribution < 1.29 is 8.42 Å². The SMILES string of the molecule is CCS(=O)(=O)N1CC(CNc2nc(C)ccc2C#N)C1. The summed E-state index contributed by atoms with van der Waals surface area (Å²) in [7, 11) is -3.06. The van der Waals surface area contributed by atoms with Crippen LogP contribution in [0.2, 0.25) is 0 Å². The van der Waals surface area contributed by atoms with Crippen LogP contribution in [0.1, 0.15) is 18.2 Å². The fourth-order valence-corrected chi connectivity index (χ4v) is 3.33. The lowest BCUT2D eigenvalue weighted by atomic mass is 10.0. The molecule has 1 aromatic rings. The van der Waals surface area contributed by atoms with Crippen molar-refractivity contribution in [3.8, 4) is 6.07 Å². The molecule has 0 atom stereocenters. The first-order valence-electron chi connectivity index (χ1n) is 6.55. The van der Waals surface area contributed by atoms with Crippen molar-refractivity contribution >= 4 is 15.8 Å². The van der Waals surface area contributed by atoms with Gasteiger partial charge in [-0.25, -0.2) is 17.7 Å². The van der Waals surface area contributed by atoms with Crippen molar-refractivity contribution in [2.24, 2.45) is 5.92 Å². The Morgan fingerprint density at radius 3 is 2.80 bits per heavy atom. The van der Waals surface area contributed by atoms with E-state index < -0.39 is 10.0 Å². The van der Waals surface area contributed by atoms with Crippen LogP contribution in [-0.4, -0.2) is 43.1 Å². The third-order valence-corrected chi connectivity index (χ3v) is 5.21. The van der Waals surface area contributed by atoms with Gasteiger partial charge in [-0.05, 0) is 26.0 Å². The van der Waals surface area contributed by atoms with Gasteiger partial charge in [0.05, 0.1) is 11.3 Å². The van der Waals surface area contributed by atoms with Crippen LogP contribution in [0.25, 0.3) is 0 Å². The zero-order valence-corrected chi connectivity index (χ0v) is 12.4. The highest BCUT2D eigenvalue weighted by Crippen LogP contribution is 2.21. The Hall–Kier alpha value is -1.65. The smallest absolute Gasteiger partial charge is 0.213 e. The van der Waals surface area contributed by atoms with E-state index in [4.69, 9.17) is 5.26 Å². The van der Waals surface area contributed by atoms with Gasteiger partial charge in [0.15, 0.2) is 0 Å². The molecule has 20 heavy (non-hydrogen) atoms. The highest BCUT2D eigenvalue weighted by molar-refractivity contribution is 7.89. The summed E-state index contributed by atoms with van der Waals surface area (Å²) in [5, 5.41) is 12.2. The minimum atomic E-state index is -3.06. The maximum Gasteiger partial charge on any atom is 0.213 e. The summed E-state index contributed by atoms with van der Waals surface area (Å²) < 4.78 is 24.7. The third kappa shape index (κ3) is 3.08. The summed E-state index contributed by atoms with van der Waals surface area (Å²) in [6, 6.07) is 5.62. The van der Waals surface area contributed by atoms with Gasteiger partial charge in [-0.15, -0.1) is 0 Å². The Kier molecular flexibility index (Phi) is 4.26. The van der Waals surface area contributed by atoms with Crippen molar-refractivity contribution in [2.75, 3.05) is 30.7 Å². The van der Waals surface area contributed by atoms with E-state index in [1.54, 1.807) is 19.1 Å². The van der Waals surface area contributed by atoms with Gasteiger partial charge < -0.3 is 5.32 Å². The van der Waals surface area contributed by atoms with Crippen LogP contribution >= 0.6 is 0 Å². The van der Waals surface area contributed by atoms with Gasteiger partial charge in [-0.3, -0.25) is 0 Å². The average molecular weight is 294 g/mol. The van der Waals surface area contributed by atoms with Gasteiger partial charge in [0.25, 0.3) is 0 Å². The normalized spacial score (nSPS) is 16.4. The number of nitriles is 1. The van der Waals surface area contributed by atoms with Crippen molar-refractivity contribution in [2.45, 2.75) is 13.8 Å². The number of hydrogen-bond donors (Lipinski definition) is 1. The molecule has 0 aliphatic carbocycles. The van der Waals surface area contributed by atoms with Crippen LogP contribution in [0.4, 0.5) is 5.82 Å². The second-order valence-electron chi connectivity index (χ2n) is 4.93. The van der Waals surface area contributed by atoms with E-state index in [-0.39, 0.29) is 11.7 Å². The molecule has 1 saturated heterocycles. The van der Waals surface area contributed by atoms with Gasteiger partial charge in [-0.1, -0.05) is 0 Å². The number of rotatable bonds is 5. The number of anilines is 1. The van der Waals surface area contributed by atoms with E-state index in [9.17, 15) is 8.42 Å². The largest absolute Gasteiger partial charge is 0.369 e. The van der Waals surface area contributed by atoms with Crippen LogP contribution in [0, 0.1) is 24.2 Å². The standard InChI is InChI=1S/C13H18N4O2S/c1-3-20(18,19)17-8-11(9-17)7-15-13-12(6-14)5-4-10(2)16-13/h4-5,11H,3,7-9H2,1-2H3,(H,15,16). The minimum Gasteiger partial charge on any atom is -0.369 e. The second-order valence-corrected chi connectivity index (χ2v) is 7.18. The van der Waals surface area contributed by atoms with E-state index in [2.05, 4.69) is 16.4 Å². The first-order chi connectivity index (χ1) is 9.46. The summed E-state index contributed by atoms with van der Waals surface area (Å²) in [4.78, 5) is 4.29. The van der Waals surface area contributed by atoms with Crippen molar-refractivity contribution in [3.05, 3.63) is 23.4 Å². The summed E-state index contributed by atoms with van der Waals surface area (Å²) >= 11 is 0. The molecule has 0 spiro atoms. The van der Waals surface area contributed by atoms with Crippen LogP contribution in [0.5, 0.6) is 0 Å². The highest BCUT2D eigenvalue weighted by Gasteiger charge is 2.34. The summed E-state index contributed by atoms with van der Waals surface area (Å²) in [6.45, 7) is 5.22. The molecule has 0 saturated carbocycles. The molecule has 1 aromatic heterocycles. The first-order valence-corrected chi connectivity index (χ1v) is 8.16. The summed E-state index contributed by atoms with van der Waals surface area (Å²) in [5.74, 6) is 0.986. The highest BCUT2D eigenvalue weighted by atomic mass is 32.2. The molecule has 0 amide bonds. The lowest BCUT2D eigenvalue weighted by molar-refractivity contribution is 0.212. The lowest BCUT2D eigenvalue weighted by Gasteiger charge is -2.38. The van der Waals surface area contributed by atoms with Crippen molar-refractivity contribution in [3.63, 3.8) is 0 Å². The molecular formula is C13H18N4O2S. The average Bonchev–Trinajstić information content (AvgIpc) is 2.37. The summed E-state index contributed by atoms with van der Waals surface area (Å²) in [6.07, 6.45) is 0. The fraction of sp³-hybridized carbons (Fsp3) is 0.538. The Morgan fingerprint density at radius 2 is 2.20 bits per heavy atom. The quantitative estimate of drug-likeness (QED) is 0.874. The van der Waals surface area contributed by atoms with Crippen LogP contribution in [-0.2, 0) is 10.0 Å². The van der Waals surface area contributed by atoms with E-state index >= 15 is 0 Å². The number of nitrogens with zero attached hydrogens (tertiary/aromatic N) is 3. The van der Waals surface area contributed by atoms with Gasteiger partial charge >= 0.3 is 0 Å². The van der Waals surface area contributed by atoms with E-state index in [0.717, 1.165) is 5.69 Å². The van der Waals surface area contributed by atoms with E-state index in [1.165, 1.54) is 4.31 Å². The third-order valence-electron chi connectivity index (χ3n) is 3.39. The second kappa shape index (κ2) is 5.77. The minimum absolute atomic E-state index is 0.144. The van der Waals surface area contributed by atoms with Gasteiger partial charge in [0.1, 0.15) is 11.9 Å². The number of sulfonamides is 1. The van der Waals surface area contributed by atoms with Crippen LogP contribution in [0.15, 0.2) is 12.1 Å². The molecule has 6 nitrogen and oxygen atoms in total. The number of hydrogen-bond acceptors (Lipinski definition) is 5. The molecule has 0 bridgehead atoms. The number of pyridine rings is 1. The van der Waals surface area contributed by atoms with E-state index in [1.807, 2.05) is 6.92 Å². The monoisotopic (exact) mass is 294 g/mol. The molecule has 0 unspecified atom stereocenters. The number of aromatic nitrogens is 1. The Bertz CT molecular complexity index is 630. The molecule has 1 aliphatic heterocycles. The van der Waals surface area contributed by atoms with Gasteiger partial charge in [0.2, 0.25) is 10.0 Å². The molecule has 0 aromatic carbocycles. The first kappa shape index (κ1) is 14.8. The maximum atomic E-state index is 11.6. The fourth-order valence-electron chi connectivity index (χ4n) is 2.08. The molecule has 1 aliphatic rings. The zero-order chi connectivity index (χ0) is 14.8. The molecule has 2 heterocycles. The molecule has 108 valence electrons. The molecule has 0 radical (unpaired) electrons. The predicted molar refractivity (Wildman–Crippen MR) is 76.7 cm³/mol. The molecule has 2 rings (SSSR count). The maximum absolute atomic E-state index is 11.6. The van der Waals surface area contributed by atoms with E-state index in [0.29, 0.717) is 31.0 Å². The molecule has 1 N–H and O–H groups in total. The Morgan fingerprint density at radius 1 is 1.50 bits per heavy atom. The van der Waals surface area contributed by atoms with Crippen LogP contribution in [0.3, 0.4) is 0 Å². The zero-order valence-electron chi connectivity index (χ0n) is 11.6. The lowest BCUT2D eigenvalue weighted by Crippen LogP contribution is -2.52. The number of nitrogens with one attached hydrogen (secondary N) is 1. The predicted octanol–water partition coefficient (Wildman–Crippen LogP) is 0.955. The topological polar surface area (TPSA) is 86.1 Å². The molecule has 7 heteroatoms. The molecular weight excluding hydrogens is 276 g/mol. The Labute approximate surface area is 119 Å². The number of aryl methyl sites for hydroxylation is 1. The van der Waals surface area contributed by atoms with Crippen molar-refractivity contribution in [1.29, 1.82) is 5.26 Å². The van der Waals surface area contributed by atoms with Gasteiger partial charge in [-0.2, -0.15) is 5.26 Å².